The molecule has 0 bridgehead atoms. The van der Waals surface area contributed by atoms with Gasteiger partial charge in [0.1, 0.15) is 0 Å². The van der Waals surface area contributed by atoms with Crippen molar-refractivity contribution in [3.05, 3.63) is 59.7 Å². The van der Waals surface area contributed by atoms with E-state index in [0.717, 1.165) is 15.4 Å². The van der Waals surface area contributed by atoms with Crippen LogP contribution in [0.2, 0.25) is 0 Å². The van der Waals surface area contributed by atoms with E-state index < -0.39 is 22.1 Å². The van der Waals surface area contributed by atoms with E-state index in [2.05, 4.69) is 5.32 Å². The van der Waals surface area contributed by atoms with Gasteiger partial charge in [0, 0.05) is 13.1 Å². The van der Waals surface area contributed by atoms with Crippen LogP contribution in [-0.4, -0.2) is 44.5 Å². The van der Waals surface area contributed by atoms with Crippen molar-refractivity contribution in [2.45, 2.75) is 30.7 Å². The van der Waals surface area contributed by atoms with Gasteiger partial charge in [-0.05, 0) is 49.1 Å². The molecule has 1 atom stereocenters. The molecule has 8 nitrogen and oxygen atoms in total. The molecule has 2 aliphatic rings. The summed E-state index contributed by atoms with van der Waals surface area (Å²) in [7, 11) is -4.00. The number of fused-ring (bicyclic) bond motifs is 1. The van der Waals surface area contributed by atoms with Crippen molar-refractivity contribution < 1.29 is 22.7 Å². The number of hydrogen-bond acceptors (Lipinski definition) is 5. The average molecular weight is 429 g/mol. The van der Waals surface area contributed by atoms with Crippen LogP contribution in [0.25, 0.3) is 0 Å². The van der Waals surface area contributed by atoms with Crippen LogP contribution in [0.1, 0.15) is 30.5 Å². The number of benzene rings is 2. The zero-order valence-electron chi connectivity index (χ0n) is 16.6. The fourth-order valence-electron chi connectivity index (χ4n) is 3.86. The summed E-state index contributed by atoms with van der Waals surface area (Å²) in [6, 6.07) is 13.2. The topological polar surface area (TPSA) is 96.0 Å². The van der Waals surface area contributed by atoms with Crippen LogP contribution < -0.4 is 10.2 Å². The third kappa shape index (κ3) is 3.60. The first-order chi connectivity index (χ1) is 14.4. The molecule has 0 aliphatic carbocycles. The van der Waals surface area contributed by atoms with Gasteiger partial charge in [0.25, 0.3) is 10.0 Å². The monoisotopic (exact) mass is 429 g/mol. The van der Waals surface area contributed by atoms with Crippen LogP contribution in [0.15, 0.2) is 53.4 Å². The van der Waals surface area contributed by atoms with Gasteiger partial charge in [-0.1, -0.05) is 30.3 Å². The van der Waals surface area contributed by atoms with E-state index in [1.807, 2.05) is 30.3 Å². The Labute approximate surface area is 175 Å². The van der Waals surface area contributed by atoms with Crippen molar-refractivity contribution in [2.75, 3.05) is 24.6 Å². The molecule has 0 saturated carbocycles. The van der Waals surface area contributed by atoms with E-state index in [9.17, 15) is 18.0 Å². The van der Waals surface area contributed by atoms with Gasteiger partial charge in [0.2, 0.25) is 0 Å². The van der Waals surface area contributed by atoms with Gasteiger partial charge in [0.15, 0.2) is 0 Å². The Kier molecular flexibility index (Phi) is 5.38. The Bertz CT molecular complexity index is 1070. The van der Waals surface area contributed by atoms with E-state index in [1.165, 1.54) is 11.0 Å². The highest BCUT2D eigenvalue weighted by Gasteiger charge is 2.36. The number of amides is 3. The zero-order valence-corrected chi connectivity index (χ0v) is 17.4. The maximum absolute atomic E-state index is 13.1. The number of sulfonamides is 1. The lowest BCUT2D eigenvalue weighted by molar-refractivity contribution is 0.160. The van der Waals surface area contributed by atoms with Crippen LogP contribution in [0.4, 0.5) is 15.3 Å². The molecule has 2 heterocycles. The normalized spacial score (nSPS) is 18.7. The van der Waals surface area contributed by atoms with Gasteiger partial charge in [0.05, 0.1) is 23.2 Å². The lowest BCUT2D eigenvalue weighted by atomic mass is 10.0. The molecule has 0 aromatic heterocycles. The molecule has 1 fully saturated rings. The molecule has 9 heteroatoms. The van der Waals surface area contributed by atoms with E-state index >= 15 is 0 Å². The average Bonchev–Trinajstić information content (AvgIpc) is 3.18. The molecule has 1 N–H and O–H groups in total. The number of nitrogens with zero attached hydrogens (tertiary/aromatic N) is 2. The quantitative estimate of drug-likeness (QED) is 0.806. The summed E-state index contributed by atoms with van der Waals surface area (Å²) in [5, 5.41) is 2.79. The predicted molar refractivity (Wildman–Crippen MR) is 111 cm³/mol. The fraction of sp³-hybridized carbons (Fsp3) is 0.333. The van der Waals surface area contributed by atoms with Crippen LogP contribution in [0.3, 0.4) is 0 Å². The van der Waals surface area contributed by atoms with Gasteiger partial charge < -0.3 is 10.1 Å². The minimum absolute atomic E-state index is 0.0419. The highest BCUT2D eigenvalue weighted by Crippen LogP contribution is 2.32. The molecule has 1 saturated heterocycles. The van der Waals surface area contributed by atoms with E-state index in [4.69, 9.17) is 4.74 Å². The van der Waals surface area contributed by atoms with Crippen LogP contribution in [-0.2, 0) is 21.2 Å². The first-order valence-electron chi connectivity index (χ1n) is 9.87. The van der Waals surface area contributed by atoms with Crippen LogP contribution >= 0.6 is 0 Å². The third-order valence-corrected chi connectivity index (χ3v) is 7.15. The molecule has 0 radical (unpaired) electrons. The van der Waals surface area contributed by atoms with Crippen molar-refractivity contribution in [3.63, 3.8) is 0 Å². The molecule has 1 unspecified atom stereocenters. The number of nitrogens with one attached hydrogen (secondary N) is 1. The summed E-state index contributed by atoms with van der Waals surface area (Å²) in [5.74, 6) is 0. The number of carbonyl (C=O) groups is 2. The maximum Gasteiger partial charge on any atom is 0.414 e. The second kappa shape index (κ2) is 7.98. The smallest absolute Gasteiger partial charge is 0.414 e. The molecule has 3 amide bonds. The van der Waals surface area contributed by atoms with Gasteiger partial charge >= 0.3 is 12.1 Å². The number of ether oxygens (including phenoxy) is 1. The Morgan fingerprint density at radius 2 is 1.93 bits per heavy atom. The minimum Gasteiger partial charge on any atom is -0.449 e. The molecule has 158 valence electrons. The van der Waals surface area contributed by atoms with E-state index in [-0.39, 0.29) is 24.1 Å². The van der Waals surface area contributed by atoms with Crippen molar-refractivity contribution in [1.82, 2.24) is 9.62 Å². The first kappa shape index (κ1) is 20.2. The van der Waals surface area contributed by atoms with Gasteiger partial charge in [-0.15, -0.1) is 0 Å². The van der Waals surface area contributed by atoms with E-state index in [0.29, 0.717) is 25.1 Å². The minimum atomic E-state index is -4.00. The molecule has 30 heavy (non-hydrogen) atoms. The highest BCUT2D eigenvalue weighted by molar-refractivity contribution is 7.89. The Morgan fingerprint density at radius 3 is 2.63 bits per heavy atom. The largest absolute Gasteiger partial charge is 0.449 e. The molecular formula is C21H23N3O5S. The Morgan fingerprint density at radius 1 is 1.17 bits per heavy atom. The SMILES string of the molecule is CCOC(=O)N1CCc2cc(S(=O)(=O)N3CCC(c4ccccc4)NC3=O)ccc21. The molecule has 4 rings (SSSR count). The lowest BCUT2D eigenvalue weighted by Gasteiger charge is -2.32. The molecular weight excluding hydrogens is 406 g/mol. The fourth-order valence-corrected chi connectivity index (χ4v) is 5.27. The zero-order chi connectivity index (χ0) is 21.3. The molecule has 2 aromatic carbocycles. The Balaban J connectivity index is 1.53. The van der Waals surface area contributed by atoms with Crippen molar-refractivity contribution >= 4 is 27.8 Å². The third-order valence-electron chi connectivity index (χ3n) is 5.37. The maximum atomic E-state index is 13.1. The summed E-state index contributed by atoms with van der Waals surface area (Å²) >= 11 is 0. The van der Waals surface area contributed by atoms with E-state index in [1.54, 1.807) is 19.1 Å². The van der Waals surface area contributed by atoms with Gasteiger partial charge in [-0.25, -0.2) is 22.3 Å². The summed E-state index contributed by atoms with van der Waals surface area (Å²) < 4.78 is 32.2. The van der Waals surface area contributed by atoms with Crippen LogP contribution in [0, 0.1) is 0 Å². The van der Waals surface area contributed by atoms with Gasteiger partial charge in [-0.3, -0.25) is 4.90 Å². The second-order valence-corrected chi connectivity index (χ2v) is 9.03. The van der Waals surface area contributed by atoms with Crippen molar-refractivity contribution in [1.29, 1.82) is 0 Å². The van der Waals surface area contributed by atoms with Crippen molar-refractivity contribution in [2.24, 2.45) is 0 Å². The van der Waals surface area contributed by atoms with Crippen molar-refractivity contribution in [3.8, 4) is 0 Å². The summed E-state index contributed by atoms with van der Waals surface area (Å²) in [5.41, 5.74) is 2.32. The molecule has 2 aromatic rings. The standard InChI is InChI=1S/C21H23N3O5S/c1-2-29-21(26)23-12-10-16-14-17(8-9-19(16)23)30(27,28)24-13-11-18(22-20(24)25)15-6-4-3-5-7-15/h3-9,14,18H,2,10-13H2,1H3,(H,22,25). The predicted octanol–water partition coefficient (Wildman–Crippen LogP) is 3.05. The first-order valence-corrected chi connectivity index (χ1v) is 11.3. The second-order valence-electron chi connectivity index (χ2n) is 7.17. The molecule has 0 spiro atoms. The highest BCUT2D eigenvalue weighted by atomic mass is 32.2. The summed E-state index contributed by atoms with van der Waals surface area (Å²) in [6.45, 7) is 2.53. The number of urea groups is 1. The number of carbonyl (C=O) groups excluding carboxylic acids is 2. The van der Waals surface area contributed by atoms with Crippen LogP contribution in [0.5, 0.6) is 0 Å². The number of hydrogen-bond donors (Lipinski definition) is 1. The Hall–Kier alpha value is -3.07. The molecule has 2 aliphatic heterocycles. The summed E-state index contributed by atoms with van der Waals surface area (Å²) in [6.07, 6.45) is 0.560. The number of anilines is 1. The van der Waals surface area contributed by atoms with Gasteiger partial charge in [-0.2, -0.15) is 0 Å². The number of rotatable bonds is 4. The summed E-state index contributed by atoms with van der Waals surface area (Å²) in [4.78, 5) is 26.2. The lowest BCUT2D eigenvalue weighted by Crippen LogP contribution is -2.50.